The molecule has 102 valence electrons. The maximum Gasteiger partial charge on any atom is 0.265 e. The Morgan fingerprint density at radius 2 is 2.22 bits per heavy atom. The van der Waals surface area contributed by atoms with Gasteiger partial charge in [0.2, 0.25) is 0 Å². The van der Waals surface area contributed by atoms with Crippen LogP contribution in [0, 0.1) is 0 Å². The molecule has 18 heavy (non-hydrogen) atoms. The van der Waals surface area contributed by atoms with Crippen LogP contribution in [-0.4, -0.2) is 26.9 Å². The lowest BCUT2D eigenvalue weighted by atomic mass is 9.95. The first-order valence-electron chi connectivity index (χ1n) is 6.14. The van der Waals surface area contributed by atoms with Crippen LogP contribution in [0.5, 0.6) is 0 Å². The smallest absolute Gasteiger partial charge is 0.265 e. The first kappa shape index (κ1) is 15.4. The summed E-state index contributed by atoms with van der Waals surface area (Å²) < 4.78 is 3.87. The number of carbonyl (C=O) groups excluding carboxylic acids is 1. The molecule has 1 aromatic heterocycles. The highest BCUT2D eigenvalue weighted by atomic mass is 35.5. The third-order valence-corrected chi connectivity index (χ3v) is 4.04. The number of amides is 1. The third-order valence-electron chi connectivity index (χ3n) is 3.11. The van der Waals surface area contributed by atoms with Crippen LogP contribution in [0.15, 0.2) is 0 Å². The van der Waals surface area contributed by atoms with Crippen molar-refractivity contribution in [1.82, 2.24) is 14.9 Å². The zero-order valence-electron chi connectivity index (χ0n) is 11.3. The maximum absolute atomic E-state index is 12.3. The summed E-state index contributed by atoms with van der Waals surface area (Å²) >= 11 is 6.93. The number of nitrogens with zero attached hydrogens (tertiary/aromatic N) is 2. The predicted octanol–water partition coefficient (Wildman–Crippen LogP) is 3.19. The molecule has 0 radical (unpaired) electrons. The van der Waals surface area contributed by atoms with Crippen LogP contribution in [0.1, 0.15) is 61.8 Å². The van der Waals surface area contributed by atoms with Crippen LogP contribution in [0.2, 0.25) is 0 Å². The minimum absolute atomic E-state index is 0.0943. The Hall–Kier alpha value is -0.680. The first-order chi connectivity index (χ1) is 8.43. The highest BCUT2D eigenvalue weighted by molar-refractivity contribution is 7.08. The minimum Gasteiger partial charge on any atom is -0.346 e. The predicted molar refractivity (Wildman–Crippen MR) is 75.5 cm³/mol. The Kier molecular flexibility index (Phi) is 5.53. The Labute approximate surface area is 117 Å². The van der Waals surface area contributed by atoms with Gasteiger partial charge in [-0.2, -0.15) is 0 Å². The molecule has 1 atom stereocenters. The van der Waals surface area contributed by atoms with Crippen LogP contribution in [-0.2, 0) is 0 Å². The van der Waals surface area contributed by atoms with Gasteiger partial charge in [-0.25, -0.2) is 0 Å². The van der Waals surface area contributed by atoms with Crippen LogP contribution in [0.25, 0.3) is 0 Å². The summed E-state index contributed by atoms with van der Waals surface area (Å²) in [5.74, 6) is 0.636. The molecule has 6 heteroatoms. The normalized spacial score (nSPS) is 14.6. The average Bonchev–Trinajstić information content (AvgIpc) is 2.78. The first-order valence-corrected chi connectivity index (χ1v) is 7.45. The number of hydrogen-bond donors (Lipinski definition) is 1. The average molecular weight is 290 g/mol. The van der Waals surface area contributed by atoms with Crippen molar-refractivity contribution >= 4 is 29.0 Å². The molecule has 1 heterocycles. The monoisotopic (exact) mass is 289 g/mol. The summed E-state index contributed by atoms with van der Waals surface area (Å²) in [5.41, 5.74) is 0.499. The van der Waals surface area contributed by atoms with Crippen LogP contribution >= 0.6 is 23.1 Å². The molecule has 1 N–H and O–H groups in total. The van der Waals surface area contributed by atoms with E-state index in [1.165, 1.54) is 0 Å². The number of halogens is 1. The van der Waals surface area contributed by atoms with Crippen molar-refractivity contribution < 1.29 is 4.79 Å². The number of aromatic nitrogens is 2. The topological polar surface area (TPSA) is 54.9 Å². The molecular weight excluding hydrogens is 270 g/mol. The highest BCUT2D eigenvalue weighted by Gasteiger charge is 2.27. The van der Waals surface area contributed by atoms with E-state index in [0.29, 0.717) is 10.8 Å². The number of hydrogen-bond acceptors (Lipinski definition) is 4. The van der Waals surface area contributed by atoms with E-state index in [4.69, 9.17) is 11.6 Å². The van der Waals surface area contributed by atoms with Crippen molar-refractivity contribution in [2.45, 2.75) is 52.0 Å². The SMILES string of the molecule is CCC(C)(CCCl)NC(=O)c1snnc1C(C)C. The Morgan fingerprint density at radius 3 is 2.72 bits per heavy atom. The van der Waals surface area contributed by atoms with Crippen molar-refractivity contribution in [3.05, 3.63) is 10.6 Å². The van der Waals surface area contributed by atoms with Crippen molar-refractivity contribution in [3.8, 4) is 0 Å². The van der Waals surface area contributed by atoms with Crippen molar-refractivity contribution in [3.63, 3.8) is 0 Å². The van der Waals surface area contributed by atoms with E-state index in [0.717, 1.165) is 30.1 Å². The lowest BCUT2D eigenvalue weighted by molar-refractivity contribution is 0.0904. The van der Waals surface area contributed by atoms with E-state index in [1.54, 1.807) is 0 Å². The molecule has 1 unspecified atom stereocenters. The van der Waals surface area contributed by atoms with Crippen molar-refractivity contribution in [2.24, 2.45) is 0 Å². The Morgan fingerprint density at radius 1 is 1.56 bits per heavy atom. The number of carbonyl (C=O) groups is 1. The number of rotatable bonds is 6. The van der Waals surface area contributed by atoms with Gasteiger partial charge in [-0.05, 0) is 37.2 Å². The van der Waals surface area contributed by atoms with Crippen LogP contribution < -0.4 is 5.32 Å². The molecule has 0 aromatic carbocycles. The van der Waals surface area contributed by atoms with Gasteiger partial charge >= 0.3 is 0 Å². The van der Waals surface area contributed by atoms with Crippen molar-refractivity contribution in [2.75, 3.05) is 5.88 Å². The molecule has 4 nitrogen and oxygen atoms in total. The number of alkyl halides is 1. The fraction of sp³-hybridized carbons (Fsp3) is 0.750. The molecule has 0 spiro atoms. The number of nitrogens with one attached hydrogen (secondary N) is 1. The standard InChI is InChI=1S/C12H20ClN3OS/c1-5-12(4,6-7-13)14-11(17)10-9(8(2)3)15-16-18-10/h8H,5-7H2,1-4H3,(H,14,17). The van der Waals surface area contributed by atoms with Gasteiger partial charge < -0.3 is 5.32 Å². The molecule has 0 aliphatic rings. The summed E-state index contributed by atoms with van der Waals surface area (Å²) in [6, 6.07) is 0. The van der Waals surface area contributed by atoms with Gasteiger partial charge in [0.15, 0.2) is 0 Å². The van der Waals surface area contributed by atoms with E-state index in [-0.39, 0.29) is 17.4 Å². The molecular formula is C12H20ClN3OS. The molecule has 1 rings (SSSR count). The second-order valence-electron chi connectivity index (χ2n) is 4.95. The minimum atomic E-state index is -0.267. The molecule has 0 fully saturated rings. The molecule has 0 saturated carbocycles. The van der Waals surface area contributed by atoms with E-state index in [2.05, 4.69) is 14.9 Å². The molecule has 0 aliphatic carbocycles. The summed E-state index contributed by atoms with van der Waals surface area (Å²) in [7, 11) is 0. The fourth-order valence-corrected chi connectivity index (χ4v) is 2.73. The lowest BCUT2D eigenvalue weighted by Crippen LogP contribution is -2.45. The van der Waals surface area contributed by atoms with Gasteiger partial charge in [0.05, 0.1) is 5.69 Å². The quantitative estimate of drug-likeness (QED) is 0.818. The summed E-state index contributed by atoms with van der Waals surface area (Å²) in [4.78, 5) is 12.9. The van der Waals surface area contributed by atoms with Gasteiger partial charge in [0, 0.05) is 11.4 Å². The second-order valence-corrected chi connectivity index (χ2v) is 6.08. The summed E-state index contributed by atoms with van der Waals surface area (Å²) in [5, 5.41) is 7.07. The van der Waals surface area contributed by atoms with Gasteiger partial charge in [-0.1, -0.05) is 25.3 Å². The summed E-state index contributed by atoms with van der Waals surface area (Å²) in [6.45, 7) is 8.06. The largest absolute Gasteiger partial charge is 0.346 e. The van der Waals surface area contributed by atoms with Crippen LogP contribution in [0.4, 0.5) is 0 Å². The van der Waals surface area contributed by atoms with Gasteiger partial charge in [-0.15, -0.1) is 16.7 Å². The fourth-order valence-electron chi connectivity index (χ4n) is 1.60. The van der Waals surface area contributed by atoms with E-state index in [1.807, 2.05) is 27.7 Å². The zero-order valence-corrected chi connectivity index (χ0v) is 12.9. The zero-order chi connectivity index (χ0) is 13.8. The van der Waals surface area contributed by atoms with Crippen LogP contribution in [0.3, 0.4) is 0 Å². The molecule has 0 bridgehead atoms. The second kappa shape index (κ2) is 6.48. The molecule has 1 aromatic rings. The van der Waals surface area contributed by atoms with Gasteiger partial charge in [-0.3, -0.25) is 4.79 Å². The van der Waals surface area contributed by atoms with E-state index < -0.39 is 0 Å². The summed E-state index contributed by atoms with van der Waals surface area (Å²) in [6.07, 6.45) is 1.59. The molecule has 0 saturated heterocycles. The van der Waals surface area contributed by atoms with Gasteiger partial charge in [0.1, 0.15) is 4.88 Å². The Bertz CT molecular complexity index is 408. The molecule has 1 amide bonds. The lowest BCUT2D eigenvalue weighted by Gasteiger charge is -2.28. The molecule has 0 aliphatic heterocycles. The Balaban J connectivity index is 2.84. The van der Waals surface area contributed by atoms with E-state index >= 15 is 0 Å². The van der Waals surface area contributed by atoms with Crippen molar-refractivity contribution in [1.29, 1.82) is 0 Å². The van der Waals surface area contributed by atoms with Gasteiger partial charge in [0.25, 0.3) is 5.91 Å². The maximum atomic E-state index is 12.3. The highest BCUT2D eigenvalue weighted by Crippen LogP contribution is 2.22. The third kappa shape index (κ3) is 3.65. The van der Waals surface area contributed by atoms with E-state index in [9.17, 15) is 4.79 Å².